The Kier molecular flexibility index (Phi) is 6.19. The molecule has 24 heavy (non-hydrogen) atoms. The summed E-state index contributed by atoms with van der Waals surface area (Å²) in [7, 11) is 0. The summed E-state index contributed by atoms with van der Waals surface area (Å²) in [4.78, 5) is 24.3. The smallest absolute Gasteiger partial charge is 0.330 e. The second-order valence-electron chi connectivity index (χ2n) is 5.07. The zero-order valence-electron chi connectivity index (χ0n) is 13.4. The first-order chi connectivity index (χ1) is 11.6. The minimum atomic E-state index is -0.827. The molecule has 6 heteroatoms. The number of benzene rings is 2. The molecule has 0 saturated heterocycles. The lowest BCUT2D eigenvalue weighted by molar-refractivity contribution is -0.145. The maximum Gasteiger partial charge on any atom is 0.330 e. The van der Waals surface area contributed by atoms with Crippen molar-refractivity contribution in [2.24, 2.45) is 0 Å². The van der Waals surface area contributed by atoms with Crippen LogP contribution in [0.15, 0.2) is 54.6 Å². The number of ether oxygens (including phenoxy) is 1. The second-order valence-corrected chi connectivity index (χ2v) is 5.07. The van der Waals surface area contributed by atoms with Gasteiger partial charge in [-0.3, -0.25) is 4.79 Å². The van der Waals surface area contributed by atoms with Gasteiger partial charge in [0, 0.05) is 17.8 Å². The van der Waals surface area contributed by atoms with E-state index in [0.29, 0.717) is 5.56 Å². The van der Waals surface area contributed by atoms with Crippen molar-refractivity contribution >= 4 is 17.6 Å². The predicted octanol–water partition coefficient (Wildman–Crippen LogP) is 2.17. The van der Waals surface area contributed by atoms with Crippen molar-refractivity contribution in [1.29, 1.82) is 0 Å². The lowest BCUT2D eigenvalue weighted by Crippen LogP contribution is -2.46. The average molecular weight is 328 g/mol. The number of carbonyl (C=O) groups excluding carboxylic acids is 2. The van der Waals surface area contributed by atoms with E-state index in [1.807, 2.05) is 6.07 Å². The molecule has 3 N–H and O–H groups in total. The topological polar surface area (TPSA) is 87.7 Å². The fraction of sp³-hybridized carbons (Fsp3) is 0.222. The second kappa shape index (κ2) is 8.57. The van der Waals surface area contributed by atoms with Crippen molar-refractivity contribution < 1.29 is 19.4 Å². The monoisotopic (exact) mass is 328 g/mol. The molecule has 2 rings (SSSR count). The zero-order valence-corrected chi connectivity index (χ0v) is 13.4. The van der Waals surface area contributed by atoms with Crippen molar-refractivity contribution in [2.75, 3.05) is 18.5 Å². The van der Waals surface area contributed by atoms with E-state index in [2.05, 4.69) is 10.6 Å². The number of aromatic hydroxyl groups is 1. The van der Waals surface area contributed by atoms with Crippen LogP contribution in [0.4, 0.5) is 5.69 Å². The van der Waals surface area contributed by atoms with Gasteiger partial charge >= 0.3 is 5.97 Å². The van der Waals surface area contributed by atoms with Crippen LogP contribution < -0.4 is 10.6 Å². The molecule has 2 aromatic rings. The molecule has 0 aromatic heterocycles. The first-order valence-corrected chi connectivity index (χ1v) is 7.65. The molecule has 0 aliphatic rings. The third-order valence-electron chi connectivity index (χ3n) is 3.29. The maximum absolute atomic E-state index is 12.2. The van der Waals surface area contributed by atoms with E-state index in [1.54, 1.807) is 43.3 Å². The lowest BCUT2D eigenvalue weighted by atomic mass is 10.2. The average Bonchev–Trinajstić information content (AvgIpc) is 2.60. The quantitative estimate of drug-likeness (QED) is 0.535. The Hall–Kier alpha value is -3.02. The molecular weight excluding hydrogens is 308 g/mol. The van der Waals surface area contributed by atoms with E-state index < -0.39 is 12.0 Å². The SMILES string of the molecule is CCOC(=O)[C@@H](CNc1ccc(O)cc1)NC(=O)c1ccccc1. The third kappa shape index (κ3) is 5.01. The maximum atomic E-state index is 12.2. The van der Waals surface area contributed by atoms with Gasteiger partial charge in [0.2, 0.25) is 0 Å². The summed E-state index contributed by atoms with van der Waals surface area (Å²) in [5.41, 5.74) is 1.19. The van der Waals surface area contributed by atoms with Gasteiger partial charge < -0.3 is 20.5 Å². The molecule has 2 aromatic carbocycles. The molecule has 0 bridgehead atoms. The zero-order chi connectivity index (χ0) is 17.4. The number of rotatable bonds is 7. The summed E-state index contributed by atoms with van der Waals surface area (Å²) < 4.78 is 5.01. The van der Waals surface area contributed by atoms with Gasteiger partial charge in [0.1, 0.15) is 11.8 Å². The van der Waals surface area contributed by atoms with Crippen LogP contribution >= 0.6 is 0 Å². The molecule has 0 saturated carbocycles. The Balaban J connectivity index is 2.02. The summed E-state index contributed by atoms with van der Waals surface area (Å²) >= 11 is 0. The number of anilines is 1. The van der Waals surface area contributed by atoms with Gasteiger partial charge in [-0.1, -0.05) is 18.2 Å². The molecule has 1 amide bonds. The first kappa shape index (κ1) is 17.3. The fourth-order valence-electron chi connectivity index (χ4n) is 2.07. The number of phenolic OH excluding ortho intramolecular Hbond substituents is 1. The van der Waals surface area contributed by atoms with Crippen LogP contribution in [0.5, 0.6) is 5.75 Å². The Bertz CT molecular complexity index is 671. The summed E-state index contributed by atoms with van der Waals surface area (Å²) in [6.45, 7) is 2.11. The number of phenols is 1. The lowest BCUT2D eigenvalue weighted by Gasteiger charge is -2.18. The van der Waals surface area contributed by atoms with Crippen LogP contribution in [0.3, 0.4) is 0 Å². The van der Waals surface area contributed by atoms with Crippen LogP contribution in [0.25, 0.3) is 0 Å². The van der Waals surface area contributed by atoms with Crippen molar-refractivity contribution in [3.05, 3.63) is 60.2 Å². The Morgan fingerprint density at radius 3 is 2.38 bits per heavy atom. The highest BCUT2D eigenvalue weighted by atomic mass is 16.5. The van der Waals surface area contributed by atoms with Crippen LogP contribution in [0.1, 0.15) is 17.3 Å². The van der Waals surface area contributed by atoms with E-state index in [4.69, 9.17) is 4.74 Å². The van der Waals surface area contributed by atoms with Crippen molar-refractivity contribution in [1.82, 2.24) is 5.32 Å². The first-order valence-electron chi connectivity index (χ1n) is 7.65. The molecule has 0 radical (unpaired) electrons. The standard InChI is InChI=1S/C18H20N2O4/c1-2-24-18(23)16(12-19-14-8-10-15(21)11-9-14)20-17(22)13-6-4-3-5-7-13/h3-11,16,19,21H,2,12H2,1H3,(H,20,22)/t16-/m1/s1. The molecule has 0 spiro atoms. The van der Waals surface area contributed by atoms with E-state index >= 15 is 0 Å². The van der Waals surface area contributed by atoms with Crippen molar-refractivity contribution in [3.8, 4) is 5.75 Å². The minimum absolute atomic E-state index is 0.153. The van der Waals surface area contributed by atoms with Gasteiger partial charge in [0.15, 0.2) is 0 Å². The van der Waals surface area contributed by atoms with Gasteiger partial charge in [-0.25, -0.2) is 4.79 Å². The van der Waals surface area contributed by atoms with E-state index in [0.717, 1.165) is 5.69 Å². The molecule has 0 heterocycles. The largest absolute Gasteiger partial charge is 0.508 e. The molecule has 0 fully saturated rings. The Labute approximate surface area is 140 Å². The van der Waals surface area contributed by atoms with Gasteiger partial charge in [-0.2, -0.15) is 0 Å². The van der Waals surface area contributed by atoms with Crippen molar-refractivity contribution in [2.45, 2.75) is 13.0 Å². The highest BCUT2D eigenvalue weighted by molar-refractivity contribution is 5.96. The summed E-state index contributed by atoms with van der Waals surface area (Å²) in [6.07, 6.45) is 0. The molecule has 126 valence electrons. The van der Waals surface area contributed by atoms with Gasteiger partial charge in [-0.05, 0) is 43.3 Å². The number of carbonyl (C=O) groups is 2. The number of amides is 1. The predicted molar refractivity (Wildman–Crippen MR) is 90.9 cm³/mol. The highest BCUT2D eigenvalue weighted by Gasteiger charge is 2.22. The summed E-state index contributed by atoms with van der Waals surface area (Å²) in [6, 6.07) is 14.3. The Morgan fingerprint density at radius 1 is 1.08 bits per heavy atom. The van der Waals surface area contributed by atoms with Crippen LogP contribution in [-0.4, -0.2) is 36.2 Å². The number of hydrogen-bond donors (Lipinski definition) is 3. The molecule has 0 aliphatic carbocycles. The molecule has 0 aliphatic heterocycles. The Morgan fingerprint density at radius 2 is 1.75 bits per heavy atom. The number of hydrogen-bond acceptors (Lipinski definition) is 5. The summed E-state index contributed by atoms with van der Waals surface area (Å²) in [5, 5.41) is 15.0. The number of nitrogens with one attached hydrogen (secondary N) is 2. The highest BCUT2D eigenvalue weighted by Crippen LogP contribution is 2.13. The van der Waals surface area contributed by atoms with Crippen LogP contribution in [0, 0.1) is 0 Å². The molecule has 0 unspecified atom stereocenters. The third-order valence-corrected chi connectivity index (χ3v) is 3.29. The van der Waals surface area contributed by atoms with Crippen LogP contribution in [0.2, 0.25) is 0 Å². The summed E-state index contributed by atoms with van der Waals surface area (Å²) in [5.74, 6) is -0.700. The van der Waals surface area contributed by atoms with Gasteiger partial charge in [0.05, 0.1) is 6.61 Å². The molecule has 1 atom stereocenters. The van der Waals surface area contributed by atoms with E-state index in [-0.39, 0.29) is 24.8 Å². The number of esters is 1. The van der Waals surface area contributed by atoms with E-state index in [9.17, 15) is 14.7 Å². The fourth-order valence-corrected chi connectivity index (χ4v) is 2.07. The van der Waals surface area contributed by atoms with E-state index in [1.165, 1.54) is 12.1 Å². The minimum Gasteiger partial charge on any atom is -0.508 e. The van der Waals surface area contributed by atoms with Crippen LogP contribution in [-0.2, 0) is 9.53 Å². The molecule has 6 nitrogen and oxygen atoms in total. The van der Waals surface area contributed by atoms with Crippen molar-refractivity contribution in [3.63, 3.8) is 0 Å². The normalized spacial score (nSPS) is 11.4. The van der Waals surface area contributed by atoms with Gasteiger partial charge in [0.25, 0.3) is 5.91 Å². The molecular formula is C18H20N2O4. The van der Waals surface area contributed by atoms with Gasteiger partial charge in [-0.15, -0.1) is 0 Å².